The highest BCUT2D eigenvalue weighted by atomic mass is 16.7. The minimum Gasteiger partial charge on any atom is -0.378 e. The number of ether oxygens (including phenoxy) is 1. The molecule has 0 aliphatic carbocycles. The normalized spacial score (nSPS) is 22.9. The predicted molar refractivity (Wildman–Crippen MR) is 95.2 cm³/mol. The lowest BCUT2D eigenvalue weighted by Gasteiger charge is -2.54. The Morgan fingerprint density at radius 3 is 2.17 bits per heavy atom. The molecule has 1 aliphatic rings. The van der Waals surface area contributed by atoms with Crippen LogP contribution in [0.1, 0.15) is 72.5 Å². The van der Waals surface area contributed by atoms with Crippen LogP contribution < -0.4 is 0 Å². The van der Waals surface area contributed by atoms with E-state index in [9.17, 15) is 0 Å². The van der Waals surface area contributed by atoms with Crippen molar-refractivity contribution in [3.63, 3.8) is 0 Å². The summed E-state index contributed by atoms with van der Waals surface area (Å²) in [5.41, 5.74) is 1.11. The summed E-state index contributed by atoms with van der Waals surface area (Å²) >= 11 is 0. The van der Waals surface area contributed by atoms with Crippen LogP contribution >= 0.6 is 0 Å². The Labute approximate surface area is 141 Å². The molecular formula is C20H33NO2. The molecule has 0 saturated carbocycles. The molecule has 0 radical (unpaired) electrons. The third kappa shape index (κ3) is 4.56. The molecule has 1 unspecified atom stereocenters. The van der Waals surface area contributed by atoms with Gasteiger partial charge in [0.2, 0.25) is 0 Å². The number of benzene rings is 1. The first-order chi connectivity index (χ1) is 10.8. The quantitative estimate of drug-likeness (QED) is 0.725. The van der Waals surface area contributed by atoms with Gasteiger partial charge in [-0.2, -0.15) is 5.06 Å². The Bertz CT molecular complexity index is 466. The molecule has 0 bridgehead atoms. The fourth-order valence-corrected chi connectivity index (χ4v) is 3.80. The molecule has 1 saturated heterocycles. The highest BCUT2D eigenvalue weighted by molar-refractivity contribution is 5.16. The van der Waals surface area contributed by atoms with Gasteiger partial charge in [0.1, 0.15) is 6.10 Å². The van der Waals surface area contributed by atoms with Gasteiger partial charge in [-0.3, -0.25) is 4.84 Å². The Morgan fingerprint density at radius 1 is 1.09 bits per heavy atom. The number of rotatable bonds is 6. The first-order valence-corrected chi connectivity index (χ1v) is 8.90. The fourth-order valence-electron chi connectivity index (χ4n) is 3.80. The summed E-state index contributed by atoms with van der Waals surface area (Å²) in [7, 11) is 0. The molecule has 130 valence electrons. The third-order valence-corrected chi connectivity index (χ3v) is 4.64. The maximum atomic E-state index is 6.44. The van der Waals surface area contributed by atoms with Gasteiger partial charge in [-0.1, -0.05) is 37.3 Å². The molecule has 0 aromatic heterocycles. The molecule has 23 heavy (non-hydrogen) atoms. The third-order valence-electron chi connectivity index (χ3n) is 4.64. The van der Waals surface area contributed by atoms with Crippen molar-refractivity contribution in [2.45, 2.75) is 84.1 Å². The van der Waals surface area contributed by atoms with E-state index in [0.29, 0.717) is 6.10 Å². The standard InChI is InChI=1S/C20H33NO2/c1-7-13-22-18-14-19(3,4)21(20(5,6)15-18)23-16(2)17-11-9-8-10-12-17/h8-12,16,18H,7,13-15H2,1-6H3. The SMILES string of the molecule is CCCOC1CC(C)(C)N(OC(C)c2ccccc2)C(C)(C)C1. The topological polar surface area (TPSA) is 21.7 Å². The summed E-state index contributed by atoms with van der Waals surface area (Å²) in [4.78, 5) is 6.44. The summed E-state index contributed by atoms with van der Waals surface area (Å²) in [6.45, 7) is 14.2. The van der Waals surface area contributed by atoms with Gasteiger partial charge in [0.25, 0.3) is 0 Å². The molecule has 0 spiro atoms. The Morgan fingerprint density at radius 2 is 1.65 bits per heavy atom. The average molecular weight is 319 g/mol. The van der Waals surface area contributed by atoms with Crippen molar-refractivity contribution in [3.05, 3.63) is 35.9 Å². The van der Waals surface area contributed by atoms with Crippen LogP contribution in [0.5, 0.6) is 0 Å². The van der Waals surface area contributed by atoms with E-state index in [1.54, 1.807) is 0 Å². The smallest absolute Gasteiger partial charge is 0.102 e. The second kappa shape index (κ2) is 7.33. The predicted octanol–water partition coefficient (Wildman–Crippen LogP) is 5.13. The second-order valence-electron chi connectivity index (χ2n) is 7.98. The van der Waals surface area contributed by atoms with E-state index in [2.05, 4.69) is 70.9 Å². The van der Waals surface area contributed by atoms with Gasteiger partial charge in [0.15, 0.2) is 0 Å². The van der Waals surface area contributed by atoms with E-state index in [1.165, 1.54) is 5.56 Å². The summed E-state index contributed by atoms with van der Waals surface area (Å²) in [5, 5.41) is 2.21. The molecule has 3 heteroatoms. The van der Waals surface area contributed by atoms with E-state index in [-0.39, 0.29) is 17.2 Å². The van der Waals surface area contributed by atoms with Gasteiger partial charge in [-0.05, 0) is 59.4 Å². The molecule has 1 heterocycles. The monoisotopic (exact) mass is 319 g/mol. The van der Waals surface area contributed by atoms with E-state index in [4.69, 9.17) is 9.57 Å². The van der Waals surface area contributed by atoms with Crippen LogP contribution in [0, 0.1) is 0 Å². The lowest BCUT2D eigenvalue weighted by atomic mass is 9.80. The molecule has 0 N–H and O–H groups in total. The van der Waals surface area contributed by atoms with Crippen molar-refractivity contribution < 1.29 is 9.57 Å². The largest absolute Gasteiger partial charge is 0.378 e. The highest BCUT2D eigenvalue weighted by Gasteiger charge is 2.47. The van der Waals surface area contributed by atoms with Crippen LogP contribution in [0.3, 0.4) is 0 Å². The molecule has 3 nitrogen and oxygen atoms in total. The van der Waals surface area contributed by atoms with E-state index in [1.807, 2.05) is 6.07 Å². The maximum absolute atomic E-state index is 6.44. The average Bonchev–Trinajstić information content (AvgIpc) is 2.48. The Balaban J connectivity index is 2.11. The number of hydrogen-bond donors (Lipinski definition) is 0. The van der Waals surface area contributed by atoms with Crippen molar-refractivity contribution in [2.75, 3.05) is 6.61 Å². The van der Waals surface area contributed by atoms with Crippen molar-refractivity contribution in [2.24, 2.45) is 0 Å². The summed E-state index contributed by atoms with van der Waals surface area (Å²) in [6, 6.07) is 10.4. The van der Waals surface area contributed by atoms with Gasteiger partial charge in [-0.25, -0.2) is 0 Å². The van der Waals surface area contributed by atoms with Crippen LogP contribution in [0.2, 0.25) is 0 Å². The summed E-state index contributed by atoms with van der Waals surface area (Å²) in [5.74, 6) is 0. The summed E-state index contributed by atoms with van der Waals surface area (Å²) < 4.78 is 6.06. The fraction of sp³-hybridized carbons (Fsp3) is 0.700. The van der Waals surface area contributed by atoms with Gasteiger partial charge in [-0.15, -0.1) is 0 Å². The van der Waals surface area contributed by atoms with E-state index >= 15 is 0 Å². The van der Waals surface area contributed by atoms with Crippen molar-refractivity contribution in [1.82, 2.24) is 5.06 Å². The van der Waals surface area contributed by atoms with Gasteiger partial charge >= 0.3 is 0 Å². The van der Waals surface area contributed by atoms with Crippen LogP contribution in [-0.2, 0) is 9.57 Å². The van der Waals surface area contributed by atoms with Crippen LogP contribution in [0.25, 0.3) is 0 Å². The zero-order valence-corrected chi connectivity index (χ0v) is 15.6. The lowest BCUT2D eigenvalue weighted by Crippen LogP contribution is -2.62. The van der Waals surface area contributed by atoms with Crippen molar-refractivity contribution >= 4 is 0 Å². The first kappa shape index (κ1) is 18.4. The molecule has 1 aliphatic heterocycles. The van der Waals surface area contributed by atoms with Crippen LogP contribution in [0.4, 0.5) is 0 Å². The van der Waals surface area contributed by atoms with Gasteiger partial charge < -0.3 is 4.74 Å². The lowest BCUT2D eigenvalue weighted by molar-refractivity contribution is -0.315. The second-order valence-corrected chi connectivity index (χ2v) is 7.98. The van der Waals surface area contributed by atoms with E-state index in [0.717, 1.165) is 25.9 Å². The molecule has 1 aromatic carbocycles. The molecule has 1 fully saturated rings. The van der Waals surface area contributed by atoms with Crippen molar-refractivity contribution in [1.29, 1.82) is 0 Å². The number of hydroxylamine groups is 2. The van der Waals surface area contributed by atoms with Crippen LogP contribution in [-0.4, -0.2) is 28.9 Å². The molecule has 1 atom stereocenters. The molecule has 2 rings (SSSR count). The highest BCUT2D eigenvalue weighted by Crippen LogP contribution is 2.41. The first-order valence-electron chi connectivity index (χ1n) is 8.90. The number of nitrogens with zero attached hydrogens (tertiary/aromatic N) is 1. The minimum absolute atomic E-state index is 0.0443. The van der Waals surface area contributed by atoms with Crippen molar-refractivity contribution in [3.8, 4) is 0 Å². The van der Waals surface area contributed by atoms with Gasteiger partial charge in [0, 0.05) is 17.7 Å². The summed E-state index contributed by atoms with van der Waals surface area (Å²) in [6.07, 6.45) is 3.42. The molecule has 0 amide bonds. The molecular weight excluding hydrogens is 286 g/mol. The zero-order chi connectivity index (χ0) is 17.1. The minimum atomic E-state index is -0.0524. The van der Waals surface area contributed by atoms with Gasteiger partial charge in [0.05, 0.1) is 6.10 Å². The maximum Gasteiger partial charge on any atom is 0.102 e. The van der Waals surface area contributed by atoms with Crippen LogP contribution in [0.15, 0.2) is 30.3 Å². The number of hydrogen-bond acceptors (Lipinski definition) is 3. The zero-order valence-electron chi connectivity index (χ0n) is 15.6. The number of piperidine rings is 1. The Hall–Kier alpha value is -0.900. The molecule has 1 aromatic rings. The Kier molecular flexibility index (Phi) is 5.88. The van der Waals surface area contributed by atoms with E-state index < -0.39 is 0 Å².